The summed E-state index contributed by atoms with van der Waals surface area (Å²) in [4.78, 5) is 19.3. The molecular formula is C28H28F4N6. The van der Waals surface area contributed by atoms with E-state index in [-0.39, 0.29) is 36.0 Å². The van der Waals surface area contributed by atoms with Gasteiger partial charge < -0.3 is 9.47 Å². The molecule has 0 amide bonds. The van der Waals surface area contributed by atoms with Crippen LogP contribution in [0.1, 0.15) is 55.6 Å². The Morgan fingerprint density at radius 3 is 2.45 bits per heavy atom. The molecule has 198 valence electrons. The molecule has 6 nitrogen and oxygen atoms in total. The van der Waals surface area contributed by atoms with Crippen LogP contribution in [0.4, 0.5) is 23.4 Å². The van der Waals surface area contributed by atoms with Gasteiger partial charge >= 0.3 is 0 Å². The van der Waals surface area contributed by atoms with E-state index in [1.54, 1.807) is 36.0 Å². The molecule has 1 aliphatic rings. The van der Waals surface area contributed by atoms with Gasteiger partial charge in [0.05, 0.1) is 11.3 Å². The highest BCUT2D eigenvalue weighted by Crippen LogP contribution is 2.42. The van der Waals surface area contributed by atoms with Crippen molar-refractivity contribution < 1.29 is 17.6 Å². The Labute approximate surface area is 218 Å². The fourth-order valence-corrected chi connectivity index (χ4v) is 4.66. The lowest BCUT2D eigenvalue weighted by molar-refractivity contribution is -0.0161. The molecule has 5 rings (SSSR count). The molecule has 0 radical (unpaired) electrons. The van der Waals surface area contributed by atoms with Crippen LogP contribution in [-0.2, 0) is 25.4 Å². The number of rotatable bonds is 6. The Hall–Kier alpha value is -3.82. The summed E-state index contributed by atoms with van der Waals surface area (Å²) in [5, 5.41) is 0. The monoisotopic (exact) mass is 524 g/mol. The number of aryl methyl sites for hydroxylation is 1. The Balaban J connectivity index is 1.46. The van der Waals surface area contributed by atoms with Crippen LogP contribution in [-0.4, -0.2) is 31.0 Å². The highest BCUT2D eigenvalue weighted by atomic mass is 19.3. The molecule has 10 heteroatoms. The Bertz CT molecular complexity index is 1460. The van der Waals surface area contributed by atoms with E-state index in [1.807, 2.05) is 36.9 Å². The number of hydrogen-bond acceptors (Lipinski definition) is 5. The van der Waals surface area contributed by atoms with Crippen LogP contribution in [0, 0.1) is 0 Å². The number of alkyl halides is 4. The SMILES string of the molecule is CC(C)c1ncccc1-c1ncc2c(n1)N(Cc1ccc(-c3nc(C(C)(F)F)cn3C)cc1)CCC2(F)F. The molecule has 1 aromatic carbocycles. The number of pyridine rings is 1. The van der Waals surface area contributed by atoms with Crippen molar-refractivity contribution in [2.45, 2.75) is 51.5 Å². The van der Waals surface area contributed by atoms with Gasteiger partial charge in [-0.25, -0.2) is 23.7 Å². The van der Waals surface area contributed by atoms with Crippen molar-refractivity contribution in [3.8, 4) is 22.8 Å². The third kappa shape index (κ3) is 4.87. The third-order valence-electron chi connectivity index (χ3n) is 6.70. The first-order chi connectivity index (χ1) is 17.9. The van der Waals surface area contributed by atoms with E-state index >= 15 is 0 Å². The molecule has 3 aromatic heterocycles. The van der Waals surface area contributed by atoms with Crippen LogP contribution in [0.25, 0.3) is 22.8 Å². The molecule has 4 aromatic rings. The minimum Gasteiger partial charge on any atom is -0.352 e. The maximum atomic E-state index is 14.8. The van der Waals surface area contributed by atoms with E-state index < -0.39 is 11.8 Å². The van der Waals surface area contributed by atoms with Gasteiger partial charge in [-0.05, 0) is 23.6 Å². The molecule has 0 fully saturated rings. The second kappa shape index (κ2) is 9.49. The zero-order valence-corrected chi connectivity index (χ0v) is 21.6. The largest absolute Gasteiger partial charge is 0.352 e. The van der Waals surface area contributed by atoms with Crippen LogP contribution >= 0.6 is 0 Å². The molecule has 0 spiro atoms. The number of nitrogens with zero attached hydrogens (tertiary/aromatic N) is 6. The summed E-state index contributed by atoms with van der Waals surface area (Å²) in [6.07, 6.45) is 3.90. The lowest BCUT2D eigenvalue weighted by Gasteiger charge is -2.34. The molecule has 0 saturated carbocycles. The third-order valence-corrected chi connectivity index (χ3v) is 6.70. The molecule has 0 bridgehead atoms. The number of benzene rings is 1. The smallest absolute Gasteiger partial charge is 0.288 e. The van der Waals surface area contributed by atoms with Crippen molar-refractivity contribution in [1.29, 1.82) is 0 Å². The molecule has 0 N–H and O–H groups in total. The molecule has 0 aliphatic carbocycles. The molecule has 0 unspecified atom stereocenters. The summed E-state index contributed by atoms with van der Waals surface area (Å²) in [6.45, 7) is 5.30. The van der Waals surface area contributed by atoms with Crippen LogP contribution in [0.3, 0.4) is 0 Å². The highest BCUT2D eigenvalue weighted by molar-refractivity contribution is 5.63. The van der Waals surface area contributed by atoms with Crippen molar-refractivity contribution >= 4 is 5.82 Å². The van der Waals surface area contributed by atoms with Crippen molar-refractivity contribution in [3.05, 3.63) is 77.5 Å². The van der Waals surface area contributed by atoms with E-state index in [9.17, 15) is 17.6 Å². The van der Waals surface area contributed by atoms with E-state index in [2.05, 4.69) is 19.9 Å². The molecule has 0 saturated heterocycles. The van der Waals surface area contributed by atoms with Crippen LogP contribution in [0.5, 0.6) is 0 Å². The van der Waals surface area contributed by atoms with E-state index in [4.69, 9.17) is 0 Å². The standard InChI is InChI=1S/C28H28F4N6/c1-17(2)23-20(6-5-12-33-23)24-34-14-21-26(36-24)38(13-11-28(21,31)32)15-18-7-9-19(10-8-18)25-35-22(16-37(25)4)27(3,29)30/h5-10,12,14,16-17H,11,13,15H2,1-4H3. The summed E-state index contributed by atoms with van der Waals surface area (Å²) < 4.78 is 58.7. The number of hydrogen-bond donors (Lipinski definition) is 0. The number of fused-ring (bicyclic) bond motifs is 1. The minimum atomic E-state index is -3.04. The molecule has 0 atom stereocenters. The molecule has 38 heavy (non-hydrogen) atoms. The summed E-state index contributed by atoms with van der Waals surface area (Å²) in [5.41, 5.74) is 2.57. The number of halogens is 4. The molecule has 1 aliphatic heterocycles. The number of imidazole rings is 1. The average Bonchev–Trinajstić information content (AvgIpc) is 3.28. The maximum absolute atomic E-state index is 14.8. The summed E-state index contributed by atoms with van der Waals surface area (Å²) >= 11 is 0. The summed E-state index contributed by atoms with van der Waals surface area (Å²) in [7, 11) is 1.67. The van der Waals surface area contributed by atoms with Crippen molar-refractivity contribution in [2.75, 3.05) is 11.4 Å². The van der Waals surface area contributed by atoms with E-state index in [1.165, 1.54) is 12.4 Å². The van der Waals surface area contributed by atoms with Crippen LogP contribution < -0.4 is 4.90 Å². The van der Waals surface area contributed by atoms with Crippen molar-refractivity contribution in [3.63, 3.8) is 0 Å². The van der Waals surface area contributed by atoms with Crippen LogP contribution in [0.2, 0.25) is 0 Å². The van der Waals surface area contributed by atoms with Gasteiger partial charge in [-0.15, -0.1) is 0 Å². The minimum absolute atomic E-state index is 0.111. The van der Waals surface area contributed by atoms with E-state index in [0.717, 1.165) is 23.7 Å². The van der Waals surface area contributed by atoms with Gasteiger partial charge in [0.2, 0.25) is 0 Å². The zero-order valence-electron chi connectivity index (χ0n) is 21.6. The fraction of sp³-hybridized carbons (Fsp3) is 0.357. The second-order valence-electron chi connectivity index (χ2n) is 10.0. The fourth-order valence-electron chi connectivity index (χ4n) is 4.66. The number of aromatic nitrogens is 5. The lowest BCUT2D eigenvalue weighted by Crippen LogP contribution is -2.36. The normalized spacial score (nSPS) is 15.1. The lowest BCUT2D eigenvalue weighted by atomic mass is 10.0. The molecule has 4 heterocycles. The van der Waals surface area contributed by atoms with Gasteiger partial charge in [-0.3, -0.25) is 4.98 Å². The van der Waals surface area contributed by atoms with Gasteiger partial charge in [0.1, 0.15) is 17.3 Å². The quantitative estimate of drug-likeness (QED) is 0.264. The summed E-state index contributed by atoms with van der Waals surface area (Å²) in [6, 6.07) is 10.9. The van der Waals surface area contributed by atoms with E-state index in [0.29, 0.717) is 23.8 Å². The van der Waals surface area contributed by atoms with Crippen molar-refractivity contribution in [2.24, 2.45) is 7.05 Å². The predicted molar refractivity (Wildman–Crippen MR) is 137 cm³/mol. The Morgan fingerprint density at radius 2 is 1.79 bits per heavy atom. The first kappa shape index (κ1) is 25.8. The van der Waals surface area contributed by atoms with Gasteiger partial charge in [-0.2, -0.15) is 8.78 Å². The van der Waals surface area contributed by atoms with Gasteiger partial charge in [0.25, 0.3) is 11.8 Å². The topological polar surface area (TPSA) is 59.7 Å². The second-order valence-corrected chi connectivity index (χ2v) is 10.0. The highest BCUT2D eigenvalue weighted by Gasteiger charge is 2.41. The summed E-state index contributed by atoms with van der Waals surface area (Å²) in [5.74, 6) is -4.97. The van der Waals surface area contributed by atoms with Gasteiger partial charge in [0, 0.05) is 63.2 Å². The maximum Gasteiger partial charge on any atom is 0.288 e. The van der Waals surface area contributed by atoms with Crippen molar-refractivity contribution in [1.82, 2.24) is 24.5 Å². The van der Waals surface area contributed by atoms with Crippen LogP contribution in [0.15, 0.2) is 55.0 Å². The predicted octanol–water partition coefficient (Wildman–Crippen LogP) is 6.68. The van der Waals surface area contributed by atoms with Gasteiger partial charge in [-0.1, -0.05) is 38.1 Å². The Kier molecular flexibility index (Phi) is 6.44. The number of anilines is 1. The zero-order chi connectivity index (χ0) is 27.2. The first-order valence-corrected chi connectivity index (χ1v) is 12.4. The van der Waals surface area contributed by atoms with Gasteiger partial charge in [0.15, 0.2) is 5.82 Å². The Morgan fingerprint density at radius 1 is 1.05 bits per heavy atom. The first-order valence-electron chi connectivity index (χ1n) is 12.4. The average molecular weight is 525 g/mol. The molecular weight excluding hydrogens is 496 g/mol.